The molecular formula is C13H15IN4O3. The first kappa shape index (κ1) is 15.8. The Morgan fingerprint density at radius 1 is 1.52 bits per heavy atom. The third kappa shape index (κ3) is 3.76. The zero-order chi connectivity index (χ0) is 15.4. The molecule has 21 heavy (non-hydrogen) atoms. The van der Waals surface area contributed by atoms with Gasteiger partial charge in [-0.2, -0.15) is 0 Å². The van der Waals surface area contributed by atoms with Crippen LogP contribution < -0.4 is 0 Å². The monoisotopic (exact) mass is 402 g/mol. The Hall–Kier alpha value is -1.55. The SMILES string of the molecule is COC(CC(=O)O)Cn1nnnc1-c1cccc(C)c1I. The molecule has 0 aliphatic heterocycles. The van der Waals surface area contributed by atoms with Crippen LogP contribution >= 0.6 is 22.6 Å². The van der Waals surface area contributed by atoms with E-state index in [1.807, 2.05) is 25.1 Å². The molecule has 0 amide bonds. The molecule has 1 aromatic heterocycles. The van der Waals surface area contributed by atoms with Crippen LogP contribution in [0.1, 0.15) is 12.0 Å². The number of nitrogens with zero attached hydrogens (tertiary/aromatic N) is 4. The predicted molar refractivity (Wildman–Crippen MR) is 83.8 cm³/mol. The second-order valence-electron chi connectivity index (χ2n) is 4.58. The Morgan fingerprint density at radius 3 is 2.95 bits per heavy atom. The Morgan fingerprint density at radius 2 is 2.29 bits per heavy atom. The normalized spacial score (nSPS) is 12.3. The predicted octanol–water partition coefficient (Wildman–Crippen LogP) is 1.74. The van der Waals surface area contributed by atoms with Crippen LogP contribution in [-0.4, -0.2) is 44.5 Å². The lowest BCUT2D eigenvalue weighted by atomic mass is 10.1. The van der Waals surface area contributed by atoms with Crippen molar-refractivity contribution in [3.63, 3.8) is 0 Å². The molecule has 2 aromatic rings. The first-order valence-corrected chi connectivity index (χ1v) is 7.37. The number of ether oxygens (including phenoxy) is 1. The van der Waals surface area contributed by atoms with E-state index in [1.54, 1.807) is 4.68 Å². The van der Waals surface area contributed by atoms with Crippen molar-refractivity contribution in [2.24, 2.45) is 0 Å². The molecule has 0 bridgehead atoms. The van der Waals surface area contributed by atoms with Gasteiger partial charge in [-0.25, -0.2) is 4.68 Å². The van der Waals surface area contributed by atoms with Crippen molar-refractivity contribution in [1.29, 1.82) is 0 Å². The molecule has 0 spiro atoms. The van der Waals surface area contributed by atoms with Gasteiger partial charge in [0.2, 0.25) is 0 Å². The maximum Gasteiger partial charge on any atom is 0.306 e. The van der Waals surface area contributed by atoms with Crippen LogP contribution in [0.5, 0.6) is 0 Å². The number of hydrogen-bond donors (Lipinski definition) is 1. The smallest absolute Gasteiger partial charge is 0.306 e. The third-order valence-electron chi connectivity index (χ3n) is 3.08. The molecular weight excluding hydrogens is 387 g/mol. The van der Waals surface area contributed by atoms with Crippen LogP contribution in [0.4, 0.5) is 0 Å². The fourth-order valence-corrected chi connectivity index (χ4v) is 2.55. The Bertz CT molecular complexity index is 644. The Balaban J connectivity index is 2.30. The molecule has 1 unspecified atom stereocenters. The number of aliphatic carboxylic acids is 1. The maximum absolute atomic E-state index is 10.8. The van der Waals surface area contributed by atoms with Crippen molar-refractivity contribution < 1.29 is 14.6 Å². The van der Waals surface area contributed by atoms with E-state index >= 15 is 0 Å². The van der Waals surface area contributed by atoms with E-state index in [1.165, 1.54) is 7.11 Å². The minimum atomic E-state index is -0.915. The summed E-state index contributed by atoms with van der Waals surface area (Å²) in [6, 6.07) is 5.90. The summed E-state index contributed by atoms with van der Waals surface area (Å²) in [5, 5.41) is 20.5. The van der Waals surface area contributed by atoms with Gasteiger partial charge in [0.1, 0.15) is 0 Å². The largest absolute Gasteiger partial charge is 0.481 e. The average Bonchev–Trinajstić information content (AvgIpc) is 2.88. The van der Waals surface area contributed by atoms with E-state index in [4.69, 9.17) is 9.84 Å². The second-order valence-corrected chi connectivity index (χ2v) is 5.66. The molecule has 0 aliphatic carbocycles. The van der Waals surface area contributed by atoms with E-state index in [-0.39, 0.29) is 13.0 Å². The number of carboxylic acids is 1. The number of rotatable bonds is 6. The van der Waals surface area contributed by atoms with Crippen LogP contribution in [0.2, 0.25) is 0 Å². The van der Waals surface area contributed by atoms with E-state index < -0.39 is 12.1 Å². The van der Waals surface area contributed by atoms with Crippen LogP contribution in [0.25, 0.3) is 11.4 Å². The first-order valence-electron chi connectivity index (χ1n) is 6.29. The summed E-state index contributed by atoms with van der Waals surface area (Å²) in [4.78, 5) is 10.8. The zero-order valence-corrected chi connectivity index (χ0v) is 13.8. The van der Waals surface area contributed by atoms with Crippen LogP contribution in [0.15, 0.2) is 18.2 Å². The standard InChI is InChI=1S/C13H15IN4O3/c1-8-4-3-5-10(12(8)14)13-15-16-17-18(13)7-9(21-2)6-11(19)20/h3-5,9H,6-7H2,1-2H3,(H,19,20). The molecule has 112 valence electrons. The molecule has 0 radical (unpaired) electrons. The molecule has 0 saturated carbocycles. The van der Waals surface area contributed by atoms with Gasteiger partial charge in [-0.3, -0.25) is 4.79 Å². The number of tetrazole rings is 1. The van der Waals surface area contributed by atoms with Crippen molar-refractivity contribution in [1.82, 2.24) is 20.2 Å². The molecule has 0 aliphatic rings. The number of methoxy groups -OCH3 is 1. The summed E-state index contributed by atoms with van der Waals surface area (Å²) in [7, 11) is 1.48. The lowest BCUT2D eigenvalue weighted by molar-refractivity contribution is -0.139. The average molecular weight is 402 g/mol. The number of carboxylic acid groups (broad SMARTS) is 1. The number of aromatic nitrogens is 4. The summed E-state index contributed by atoms with van der Waals surface area (Å²) in [5.41, 5.74) is 2.06. The van der Waals surface area contributed by atoms with Gasteiger partial charge in [-0.05, 0) is 45.5 Å². The van der Waals surface area contributed by atoms with E-state index in [0.29, 0.717) is 5.82 Å². The third-order valence-corrected chi connectivity index (χ3v) is 4.51. The van der Waals surface area contributed by atoms with Gasteiger partial charge >= 0.3 is 5.97 Å². The lowest BCUT2D eigenvalue weighted by Gasteiger charge is -2.14. The van der Waals surface area contributed by atoms with Gasteiger partial charge in [0, 0.05) is 16.2 Å². The molecule has 0 fully saturated rings. The molecule has 7 nitrogen and oxygen atoms in total. The summed E-state index contributed by atoms with van der Waals surface area (Å²) in [6.45, 7) is 2.30. The number of carbonyl (C=O) groups is 1. The molecule has 2 rings (SSSR count). The first-order chi connectivity index (χ1) is 10.0. The summed E-state index contributed by atoms with van der Waals surface area (Å²) < 4.78 is 7.83. The number of hydrogen-bond acceptors (Lipinski definition) is 5. The maximum atomic E-state index is 10.8. The van der Waals surface area contributed by atoms with Crippen molar-refractivity contribution in [3.05, 3.63) is 27.3 Å². The van der Waals surface area contributed by atoms with Gasteiger partial charge < -0.3 is 9.84 Å². The van der Waals surface area contributed by atoms with E-state index in [0.717, 1.165) is 14.7 Å². The van der Waals surface area contributed by atoms with Crippen molar-refractivity contribution >= 4 is 28.6 Å². The van der Waals surface area contributed by atoms with Crippen LogP contribution in [0.3, 0.4) is 0 Å². The summed E-state index contributed by atoms with van der Waals surface area (Å²) in [6.07, 6.45) is -0.576. The fourth-order valence-electron chi connectivity index (χ4n) is 1.95. The Labute approximate surface area is 135 Å². The van der Waals surface area contributed by atoms with Gasteiger partial charge in [0.05, 0.1) is 19.1 Å². The second kappa shape index (κ2) is 6.94. The van der Waals surface area contributed by atoms with E-state index in [2.05, 4.69) is 38.1 Å². The molecule has 1 N–H and O–H groups in total. The highest BCUT2D eigenvalue weighted by atomic mass is 127. The summed E-state index contributed by atoms with van der Waals surface area (Å²) in [5.74, 6) is -0.308. The molecule has 1 aromatic carbocycles. The molecule has 8 heteroatoms. The highest BCUT2D eigenvalue weighted by Crippen LogP contribution is 2.25. The highest BCUT2D eigenvalue weighted by molar-refractivity contribution is 14.1. The van der Waals surface area contributed by atoms with Crippen molar-refractivity contribution in [2.75, 3.05) is 7.11 Å². The number of benzene rings is 1. The summed E-state index contributed by atoms with van der Waals surface area (Å²) >= 11 is 2.25. The minimum absolute atomic E-state index is 0.0965. The Kier molecular flexibility index (Phi) is 5.23. The zero-order valence-electron chi connectivity index (χ0n) is 11.7. The number of halogens is 1. The molecule has 1 heterocycles. The quantitative estimate of drug-likeness (QED) is 0.741. The molecule has 0 saturated heterocycles. The van der Waals surface area contributed by atoms with Crippen LogP contribution in [0, 0.1) is 10.5 Å². The lowest BCUT2D eigenvalue weighted by Crippen LogP contribution is -2.23. The van der Waals surface area contributed by atoms with Gasteiger partial charge in [-0.1, -0.05) is 18.2 Å². The molecule has 1 atom stereocenters. The topological polar surface area (TPSA) is 90.1 Å². The van der Waals surface area contributed by atoms with Gasteiger partial charge in [-0.15, -0.1) is 5.10 Å². The van der Waals surface area contributed by atoms with Gasteiger partial charge in [0.15, 0.2) is 5.82 Å². The van der Waals surface area contributed by atoms with Crippen molar-refractivity contribution in [2.45, 2.75) is 26.0 Å². The van der Waals surface area contributed by atoms with Gasteiger partial charge in [0.25, 0.3) is 0 Å². The van der Waals surface area contributed by atoms with E-state index in [9.17, 15) is 4.79 Å². The fraction of sp³-hybridized carbons (Fsp3) is 0.385. The van der Waals surface area contributed by atoms with Crippen LogP contribution in [-0.2, 0) is 16.1 Å². The number of aryl methyl sites for hydroxylation is 1. The highest BCUT2D eigenvalue weighted by Gasteiger charge is 2.18. The van der Waals surface area contributed by atoms with Crippen molar-refractivity contribution in [3.8, 4) is 11.4 Å². The minimum Gasteiger partial charge on any atom is -0.481 e.